The summed E-state index contributed by atoms with van der Waals surface area (Å²) in [7, 11) is 0. The van der Waals surface area contributed by atoms with Gasteiger partial charge in [0.25, 0.3) is 11.8 Å². The van der Waals surface area contributed by atoms with E-state index in [-0.39, 0.29) is 57.6 Å². The molecule has 0 radical (unpaired) electrons. The molecular weight excluding hydrogens is 786 g/mol. The summed E-state index contributed by atoms with van der Waals surface area (Å²) < 4.78 is 83.5. The minimum Gasteiger partial charge on any atom is -0.347 e. The number of aromatic nitrogens is 6. The fourth-order valence-corrected chi connectivity index (χ4v) is 6.98. The van der Waals surface area contributed by atoms with Gasteiger partial charge in [-0.1, -0.05) is 40.2 Å². The molecule has 0 spiro atoms. The monoisotopic (exact) mass is 812 g/mol. The van der Waals surface area contributed by atoms with Crippen molar-refractivity contribution in [1.82, 2.24) is 39.1 Å². The van der Waals surface area contributed by atoms with Gasteiger partial charge in [-0.3, -0.25) is 23.4 Å². The number of carbonyl (C=O) groups is 2. The summed E-state index contributed by atoms with van der Waals surface area (Å²) in [5.74, 6) is -1.48. The van der Waals surface area contributed by atoms with Crippen molar-refractivity contribution in [3.63, 3.8) is 0 Å². The van der Waals surface area contributed by atoms with Crippen molar-refractivity contribution in [3.8, 4) is 16.9 Å². The first-order chi connectivity index (χ1) is 25.6. The number of carbonyl (C=O) groups excluding carboxylic acids is 2. The van der Waals surface area contributed by atoms with Gasteiger partial charge in [-0.05, 0) is 55.0 Å². The third kappa shape index (κ3) is 7.12. The van der Waals surface area contributed by atoms with Crippen LogP contribution < -0.4 is 11.0 Å². The Balaban J connectivity index is 1.30. The summed E-state index contributed by atoms with van der Waals surface area (Å²) >= 11 is 2.89. The van der Waals surface area contributed by atoms with Gasteiger partial charge in [-0.15, -0.1) is 0 Å². The van der Waals surface area contributed by atoms with E-state index >= 15 is 0 Å². The van der Waals surface area contributed by atoms with Crippen LogP contribution in [0, 0.1) is 0 Å². The van der Waals surface area contributed by atoms with Crippen LogP contribution in [-0.4, -0.2) is 57.8 Å². The molecule has 1 atom stereocenters. The topological polar surface area (TPSA) is 120 Å². The predicted molar refractivity (Wildman–Crippen MR) is 186 cm³/mol. The molecule has 1 N–H and O–H groups in total. The standard InChI is InChI=1S/C36H27BrF6N8O3/c1-20-15-50-30(17-49(20)33(53)21-6-8-27(37)26(13-21)36(41,42)43)31(32(52)45-14-22-4-2-3-5-25(22)29-10-11-44-19-46-29)51(34(50)54)24-7-9-28-23(12-24)16-48(47-28)18-35(38,39)40/h2-13,16,19-20H,14-15,17-18H2,1H3,(H,45,52)/t20-/m0/s1. The Bertz CT molecular complexity index is 2470. The van der Waals surface area contributed by atoms with Crippen LogP contribution in [0.25, 0.3) is 27.8 Å². The van der Waals surface area contributed by atoms with Crippen molar-refractivity contribution >= 4 is 38.6 Å². The van der Waals surface area contributed by atoms with Crippen LogP contribution in [0.5, 0.6) is 0 Å². The maximum Gasteiger partial charge on any atom is 0.417 e. The van der Waals surface area contributed by atoms with E-state index in [1.54, 1.807) is 37.4 Å². The number of hydrogen-bond donors (Lipinski definition) is 1. The first-order valence-electron chi connectivity index (χ1n) is 16.3. The van der Waals surface area contributed by atoms with E-state index in [1.807, 2.05) is 6.07 Å². The largest absolute Gasteiger partial charge is 0.417 e. The molecule has 1 aliphatic heterocycles. The second-order valence-electron chi connectivity index (χ2n) is 12.6. The average molecular weight is 814 g/mol. The van der Waals surface area contributed by atoms with Gasteiger partial charge in [-0.25, -0.2) is 14.8 Å². The molecule has 0 saturated carbocycles. The van der Waals surface area contributed by atoms with E-state index in [2.05, 4.69) is 36.3 Å². The number of imidazole rings is 1. The minimum atomic E-state index is -4.75. The van der Waals surface area contributed by atoms with Gasteiger partial charge in [-0.2, -0.15) is 31.4 Å². The highest BCUT2D eigenvalue weighted by Crippen LogP contribution is 2.36. The van der Waals surface area contributed by atoms with Crippen LogP contribution in [0.3, 0.4) is 0 Å². The van der Waals surface area contributed by atoms with Gasteiger partial charge < -0.3 is 10.2 Å². The smallest absolute Gasteiger partial charge is 0.347 e. The van der Waals surface area contributed by atoms with E-state index in [1.165, 1.54) is 46.3 Å². The zero-order chi connectivity index (χ0) is 38.5. The van der Waals surface area contributed by atoms with Crippen LogP contribution >= 0.6 is 15.9 Å². The molecule has 54 heavy (non-hydrogen) atoms. The van der Waals surface area contributed by atoms with Crippen LogP contribution in [0.2, 0.25) is 0 Å². The number of nitrogens with one attached hydrogen (secondary N) is 1. The maximum atomic E-state index is 14.3. The molecule has 0 fully saturated rings. The fraction of sp³-hybridized carbons (Fsp3) is 0.222. The lowest BCUT2D eigenvalue weighted by Crippen LogP contribution is -2.47. The van der Waals surface area contributed by atoms with Crippen LogP contribution in [0.4, 0.5) is 26.3 Å². The zero-order valence-corrected chi connectivity index (χ0v) is 29.6. The van der Waals surface area contributed by atoms with Gasteiger partial charge in [0, 0.05) is 52.5 Å². The number of hydrogen-bond acceptors (Lipinski definition) is 6. The maximum absolute atomic E-state index is 14.3. The van der Waals surface area contributed by atoms with Crippen LogP contribution in [0.1, 0.15) is 44.6 Å². The molecule has 0 saturated heterocycles. The average Bonchev–Trinajstić information content (AvgIpc) is 3.65. The quantitative estimate of drug-likeness (QED) is 0.178. The highest BCUT2D eigenvalue weighted by molar-refractivity contribution is 9.10. The molecule has 0 bridgehead atoms. The summed E-state index contributed by atoms with van der Waals surface area (Å²) in [6.07, 6.45) is -5.16. The Morgan fingerprint density at radius 3 is 2.50 bits per heavy atom. The Labute approximate surface area is 310 Å². The lowest BCUT2D eigenvalue weighted by Gasteiger charge is -2.34. The number of halogens is 7. The van der Waals surface area contributed by atoms with Crippen molar-refractivity contribution in [2.24, 2.45) is 0 Å². The zero-order valence-electron chi connectivity index (χ0n) is 28.0. The second kappa shape index (κ2) is 13.9. The second-order valence-corrected chi connectivity index (χ2v) is 13.5. The number of fused-ring (bicyclic) bond motifs is 2. The van der Waals surface area contributed by atoms with Crippen molar-refractivity contribution in [3.05, 3.63) is 128 Å². The highest BCUT2D eigenvalue weighted by atomic mass is 79.9. The summed E-state index contributed by atoms with van der Waals surface area (Å²) in [5.41, 5.74) is 0.303. The molecule has 11 nitrogen and oxygen atoms in total. The first-order valence-corrected chi connectivity index (χ1v) is 17.1. The van der Waals surface area contributed by atoms with E-state index in [4.69, 9.17) is 0 Å². The molecule has 18 heteroatoms. The minimum absolute atomic E-state index is 0.0285. The Morgan fingerprint density at radius 1 is 1.00 bits per heavy atom. The van der Waals surface area contributed by atoms with Crippen LogP contribution in [-0.2, 0) is 32.4 Å². The molecule has 7 rings (SSSR count). The van der Waals surface area contributed by atoms with Gasteiger partial charge in [0.2, 0.25) is 0 Å². The van der Waals surface area contributed by atoms with Gasteiger partial charge in [0.15, 0.2) is 0 Å². The number of benzene rings is 3. The Kier molecular flexibility index (Phi) is 9.41. The predicted octanol–water partition coefficient (Wildman–Crippen LogP) is 6.76. The number of rotatable bonds is 7. The number of nitrogens with zero attached hydrogens (tertiary/aromatic N) is 7. The highest BCUT2D eigenvalue weighted by Gasteiger charge is 2.38. The normalized spacial score (nSPS) is 14.7. The first kappa shape index (κ1) is 36.6. The molecule has 6 aromatic rings. The van der Waals surface area contributed by atoms with Gasteiger partial charge >= 0.3 is 18.0 Å². The number of alkyl halides is 6. The molecule has 3 aromatic carbocycles. The van der Waals surface area contributed by atoms with E-state index in [9.17, 15) is 40.7 Å². The molecule has 0 aliphatic carbocycles. The third-order valence-corrected chi connectivity index (χ3v) is 9.68. The third-order valence-electron chi connectivity index (χ3n) is 8.99. The van der Waals surface area contributed by atoms with Crippen molar-refractivity contribution in [2.45, 2.75) is 51.5 Å². The lowest BCUT2D eigenvalue weighted by atomic mass is 10.0. The van der Waals surface area contributed by atoms with Crippen molar-refractivity contribution < 1.29 is 35.9 Å². The van der Waals surface area contributed by atoms with Crippen LogP contribution in [0.15, 0.2) is 94.7 Å². The summed E-state index contributed by atoms with van der Waals surface area (Å²) in [5, 5.41) is 7.08. The summed E-state index contributed by atoms with van der Waals surface area (Å²) in [4.78, 5) is 51.9. The van der Waals surface area contributed by atoms with Gasteiger partial charge in [0.05, 0.1) is 34.7 Å². The summed E-state index contributed by atoms with van der Waals surface area (Å²) in [6.45, 7) is -0.186. The molecule has 2 amide bonds. The summed E-state index contributed by atoms with van der Waals surface area (Å²) in [6, 6.07) is 15.6. The SMILES string of the molecule is C[C@H]1Cn2c(c(C(=O)NCc3ccccc3-c3ccncn3)n(-c3ccc4nn(CC(F)(F)F)cc4c3)c2=O)CN1C(=O)c1ccc(Br)c(C(F)(F)F)c1. The molecule has 1 aliphatic rings. The van der Waals surface area contributed by atoms with Crippen molar-refractivity contribution in [2.75, 3.05) is 0 Å². The van der Waals surface area contributed by atoms with E-state index < -0.39 is 48.0 Å². The number of amides is 2. The van der Waals surface area contributed by atoms with Crippen molar-refractivity contribution in [1.29, 1.82) is 0 Å². The van der Waals surface area contributed by atoms with E-state index in [0.29, 0.717) is 16.8 Å². The molecule has 4 heterocycles. The lowest BCUT2D eigenvalue weighted by molar-refractivity contribution is -0.142. The Morgan fingerprint density at radius 2 is 1.78 bits per heavy atom. The molecule has 3 aromatic heterocycles. The van der Waals surface area contributed by atoms with E-state index in [0.717, 1.165) is 21.4 Å². The fourth-order valence-electron chi connectivity index (χ4n) is 6.50. The molecular formula is C36H27BrF6N8O3. The van der Waals surface area contributed by atoms with Gasteiger partial charge in [0.1, 0.15) is 18.6 Å². The molecule has 0 unspecified atom stereocenters. The molecule has 278 valence electrons. The Hall–Kier alpha value is -5.78.